The van der Waals surface area contributed by atoms with Crippen LogP contribution in [0, 0.1) is 4.77 Å². The summed E-state index contributed by atoms with van der Waals surface area (Å²) in [7, 11) is 1.62. The molecule has 0 aliphatic rings. The summed E-state index contributed by atoms with van der Waals surface area (Å²) in [5.74, 6) is 1.40. The summed E-state index contributed by atoms with van der Waals surface area (Å²) >= 11 is 5.08. The first-order valence-corrected chi connectivity index (χ1v) is 8.63. The summed E-state index contributed by atoms with van der Waals surface area (Å²) in [6.07, 6.45) is 3.17. The van der Waals surface area contributed by atoms with E-state index in [1.54, 1.807) is 7.11 Å². The predicted octanol–water partition coefficient (Wildman–Crippen LogP) is 3.77. The summed E-state index contributed by atoms with van der Waals surface area (Å²) in [5.41, 5.74) is 2.49. The third-order valence-electron chi connectivity index (χ3n) is 3.70. The number of rotatable bonds is 8. The lowest BCUT2D eigenvalue weighted by atomic mass is 10.0. The van der Waals surface area contributed by atoms with Gasteiger partial charge in [-0.3, -0.25) is 9.78 Å². The normalized spacial score (nSPS) is 10.6. The van der Waals surface area contributed by atoms with E-state index in [1.165, 1.54) is 0 Å². The quantitative estimate of drug-likeness (QED) is 0.713. The zero-order chi connectivity index (χ0) is 17.5. The Morgan fingerprint density at radius 1 is 1.12 bits per heavy atom. The zero-order valence-corrected chi connectivity index (χ0v) is 15.2. The van der Waals surface area contributed by atoms with Crippen molar-refractivity contribution in [2.45, 2.75) is 39.5 Å². The van der Waals surface area contributed by atoms with E-state index in [0.717, 1.165) is 36.1 Å². The van der Waals surface area contributed by atoms with Crippen LogP contribution in [-0.4, -0.2) is 23.7 Å². The van der Waals surface area contributed by atoms with Crippen LogP contribution < -0.4 is 15.0 Å². The van der Waals surface area contributed by atoms with Crippen molar-refractivity contribution in [3.05, 3.63) is 50.1 Å². The molecule has 1 aromatic carbocycles. The van der Waals surface area contributed by atoms with Gasteiger partial charge in [0.2, 0.25) is 0 Å². The van der Waals surface area contributed by atoms with E-state index >= 15 is 0 Å². The smallest absolute Gasteiger partial charge is 0.255 e. The van der Waals surface area contributed by atoms with Crippen LogP contribution in [-0.2, 0) is 12.8 Å². The Morgan fingerprint density at radius 3 is 2.58 bits per heavy atom. The topological polar surface area (TPSA) is 67.1 Å². The van der Waals surface area contributed by atoms with Gasteiger partial charge in [0.05, 0.1) is 13.7 Å². The van der Waals surface area contributed by atoms with Gasteiger partial charge in [-0.25, -0.2) is 0 Å². The van der Waals surface area contributed by atoms with Gasteiger partial charge < -0.3 is 14.5 Å². The highest BCUT2D eigenvalue weighted by atomic mass is 32.1. The fourth-order valence-electron chi connectivity index (χ4n) is 2.57. The van der Waals surface area contributed by atoms with E-state index in [1.807, 2.05) is 18.2 Å². The molecular formula is C18H24N2O3S. The SMILES string of the molecule is CCCOc1cc(Cc2c(CCC)[nH]c(=S)[nH]c2=O)ccc1OC. The summed E-state index contributed by atoms with van der Waals surface area (Å²) in [5, 5.41) is 0. The highest BCUT2D eigenvalue weighted by Gasteiger charge is 2.12. The second-order valence-electron chi connectivity index (χ2n) is 5.63. The van der Waals surface area contributed by atoms with E-state index in [-0.39, 0.29) is 5.56 Å². The lowest BCUT2D eigenvalue weighted by Crippen LogP contribution is -2.18. The van der Waals surface area contributed by atoms with Crippen LogP contribution in [0.3, 0.4) is 0 Å². The minimum absolute atomic E-state index is 0.131. The molecule has 5 nitrogen and oxygen atoms in total. The first-order chi connectivity index (χ1) is 11.6. The van der Waals surface area contributed by atoms with Gasteiger partial charge in [-0.1, -0.05) is 26.3 Å². The maximum Gasteiger partial charge on any atom is 0.255 e. The molecule has 0 radical (unpaired) electrons. The van der Waals surface area contributed by atoms with Gasteiger partial charge >= 0.3 is 0 Å². The highest BCUT2D eigenvalue weighted by Crippen LogP contribution is 2.29. The van der Waals surface area contributed by atoms with Crippen molar-refractivity contribution in [2.24, 2.45) is 0 Å². The average Bonchev–Trinajstić information content (AvgIpc) is 2.56. The molecule has 0 amide bonds. The minimum Gasteiger partial charge on any atom is -0.493 e. The molecule has 0 saturated heterocycles. The van der Waals surface area contributed by atoms with Crippen molar-refractivity contribution in [2.75, 3.05) is 13.7 Å². The van der Waals surface area contributed by atoms with E-state index in [4.69, 9.17) is 21.7 Å². The molecule has 0 saturated carbocycles. The average molecular weight is 348 g/mol. The Hall–Kier alpha value is -2.08. The van der Waals surface area contributed by atoms with Crippen molar-refractivity contribution >= 4 is 12.2 Å². The van der Waals surface area contributed by atoms with E-state index < -0.39 is 0 Å². The molecular weight excluding hydrogens is 324 g/mol. The Labute approximate surface area is 147 Å². The molecule has 0 bridgehead atoms. The summed E-state index contributed by atoms with van der Waals surface area (Å²) < 4.78 is 11.5. The molecule has 2 N–H and O–H groups in total. The van der Waals surface area contributed by atoms with Crippen LogP contribution in [0.1, 0.15) is 43.5 Å². The summed E-state index contributed by atoms with van der Waals surface area (Å²) in [6.45, 7) is 4.75. The molecule has 0 fully saturated rings. The minimum atomic E-state index is -0.131. The molecule has 1 heterocycles. The van der Waals surface area contributed by atoms with Gasteiger partial charge in [0.25, 0.3) is 5.56 Å². The number of aryl methyl sites for hydroxylation is 1. The number of methoxy groups -OCH3 is 1. The van der Waals surface area contributed by atoms with Crippen LogP contribution in [0.2, 0.25) is 0 Å². The summed E-state index contributed by atoms with van der Waals surface area (Å²) in [6, 6.07) is 5.76. The van der Waals surface area contributed by atoms with Crippen LogP contribution in [0.25, 0.3) is 0 Å². The largest absolute Gasteiger partial charge is 0.493 e. The molecule has 2 aromatic rings. The molecule has 0 unspecified atom stereocenters. The molecule has 1 aromatic heterocycles. The number of hydrogen-bond acceptors (Lipinski definition) is 4. The van der Waals surface area contributed by atoms with Crippen LogP contribution in [0.15, 0.2) is 23.0 Å². The molecule has 130 valence electrons. The van der Waals surface area contributed by atoms with Crippen molar-refractivity contribution in [1.29, 1.82) is 0 Å². The van der Waals surface area contributed by atoms with Crippen molar-refractivity contribution in [3.8, 4) is 11.5 Å². The van der Waals surface area contributed by atoms with E-state index in [0.29, 0.717) is 29.3 Å². The second-order valence-corrected chi connectivity index (χ2v) is 6.03. The standard InChI is InChI=1S/C18H24N2O3S/c1-4-6-14-13(17(21)20-18(24)19-14)10-12-7-8-15(22-3)16(11-12)23-9-5-2/h7-8,11H,4-6,9-10H2,1-3H3,(H2,19,20,21,24). The lowest BCUT2D eigenvalue weighted by molar-refractivity contribution is 0.294. The first-order valence-electron chi connectivity index (χ1n) is 8.23. The van der Waals surface area contributed by atoms with E-state index in [2.05, 4.69) is 23.8 Å². The van der Waals surface area contributed by atoms with Crippen molar-refractivity contribution in [1.82, 2.24) is 9.97 Å². The highest BCUT2D eigenvalue weighted by molar-refractivity contribution is 7.71. The maximum absolute atomic E-state index is 12.3. The third-order valence-corrected chi connectivity index (χ3v) is 3.90. The zero-order valence-electron chi connectivity index (χ0n) is 14.4. The number of aromatic amines is 2. The first kappa shape index (κ1) is 18.3. The monoisotopic (exact) mass is 348 g/mol. The predicted molar refractivity (Wildman–Crippen MR) is 97.8 cm³/mol. The number of ether oxygens (including phenoxy) is 2. The van der Waals surface area contributed by atoms with Crippen molar-refractivity contribution in [3.63, 3.8) is 0 Å². The molecule has 6 heteroatoms. The summed E-state index contributed by atoms with van der Waals surface area (Å²) in [4.78, 5) is 18.1. The fourth-order valence-corrected chi connectivity index (χ4v) is 2.79. The molecule has 0 spiro atoms. The molecule has 0 aliphatic carbocycles. The van der Waals surface area contributed by atoms with Crippen LogP contribution in [0.4, 0.5) is 0 Å². The number of H-pyrrole nitrogens is 2. The maximum atomic E-state index is 12.3. The van der Waals surface area contributed by atoms with Gasteiger partial charge in [0.15, 0.2) is 16.3 Å². The van der Waals surface area contributed by atoms with Crippen LogP contribution in [0.5, 0.6) is 11.5 Å². The Balaban J connectivity index is 2.37. The molecule has 24 heavy (non-hydrogen) atoms. The van der Waals surface area contributed by atoms with Gasteiger partial charge in [0, 0.05) is 17.7 Å². The molecule has 0 atom stereocenters. The number of benzene rings is 1. The number of aromatic nitrogens is 2. The van der Waals surface area contributed by atoms with Crippen LogP contribution >= 0.6 is 12.2 Å². The molecule has 0 aliphatic heterocycles. The Kier molecular flexibility index (Phi) is 6.61. The Morgan fingerprint density at radius 2 is 1.92 bits per heavy atom. The van der Waals surface area contributed by atoms with Gasteiger partial charge in [-0.2, -0.15) is 0 Å². The second kappa shape index (κ2) is 8.68. The molecule has 2 rings (SSSR count). The van der Waals surface area contributed by atoms with Gasteiger partial charge in [0.1, 0.15) is 0 Å². The number of hydrogen-bond donors (Lipinski definition) is 2. The lowest BCUT2D eigenvalue weighted by Gasteiger charge is -2.13. The van der Waals surface area contributed by atoms with Gasteiger partial charge in [-0.05, 0) is 42.8 Å². The van der Waals surface area contributed by atoms with Gasteiger partial charge in [-0.15, -0.1) is 0 Å². The Bertz CT molecular complexity index is 796. The van der Waals surface area contributed by atoms with E-state index in [9.17, 15) is 4.79 Å². The fraction of sp³-hybridized carbons (Fsp3) is 0.444. The number of nitrogens with one attached hydrogen (secondary N) is 2. The third kappa shape index (κ3) is 4.47. The van der Waals surface area contributed by atoms with Crippen molar-refractivity contribution < 1.29 is 9.47 Å².